The molecule has 0 radical (unpaired) electrons. The highest BCUT2D eigenvalue weighted by Gasteiger charge is 2.41. The number of aliphatic carboxylic acids is 2. The minimum Gasteiger partial charge on any atom is -0.481 e. The van der Waals surface area contributed by atoms with Crippen molar-refractivity contribution in [3.05, 3.63) is 23.3 Å². The topological polar surface area (TPSA) is 77.8 Å². The summed E-state index contributed by atoms with van der Waals surface area (Å²) in [5.41, 5.74) is 3.51. The highest BCUT2D eigenvalue weighted by Crippen LogP contribution is 2.50. The van der Waals surface area contributed by atoms with Crippen LogP contribution in [-0.2, 0) is 22.4 Å². The highest BCUT2D eigenvalue weighted by molar-refractivity contribution is 8.01. The molecule has 0 amide bonds. The van der Waals surface area contributed by atoms with Crippen molar-refractivity contribution in [2.45, 2.75) is 69.1 Å². The number of hydrogen-bond acceptors (Lipinski definition) is 5. The summed E-state index contributed by atoms with van der Waals surface area (Å²) in [4.78, 5) is 23.8. The van der Waals surface area contributed by atoms with E-state index in [1.54, 1.807) is 4.31 Å². The normalized spacial score (nSPS) is 17.2. The number of carbonyl (C=O) groups is 2. The highest BCUT2D eigenvalue weighted by atomic mass is 32.2. The summed E-state index contributed by atoms with van der Waals surface area (Å²) in [6, 6.07) is 4.17. The minimum atomic E-state index is -1.11. The van der Waals surface area contributed by atoms with E-state index in [-0.39, 0.29) is 0 Å². The smallest absolute Gasteiger partial charge is 0.310 e. The summed E-state index contributed by atoms with van der Waals surface area (Å²) in [5.74, 6) is -3.22. The number of thiol groups is 1. The first kappa shape index (κ1) is 21.0. The Kier molecular flexibility index (Phi) is 7.70. The van der Waals surface area contributed by atoms with E-state index in [1.165, 1.54) is 22.9 Å². The predicted molar refractivity (Wildman–Crippen MR) is 108 cm³/mol. The van der Waals surface area contributed by atoms with Crippen LogP contribution in [0, 0.1) is 5.92 Å². The van der Waals surface area contributed by atoms with E-state index in [1.807, 2.05) is 6.07 Å². The second-order valence-corrected chi connectivity index (χ2v) is 8.24. The lowest BCUT2D eigenvalue weighted by Gasteiger charge is -2.26. The Morgan fingerprint density at radius 3 is 2.42 bits per heavy atom. The van der Waals surface area contributed by atoms with Crippen LogP contribution in [0.5, 0.6) is 0 Å². The fourth-order valence-corrected chi connectivity index (χ4v) is 5.22. The van der Waals surface area contributed by atoms with Gasteiger partial charge in [0.25, 0.3) is 0 Å². The van der Waals surface area contributed by atoms with Crippen molar-refractivity contribution < 1.29 is 19.8 Å². The van der Waals surface area contributed by atoms with Crippen LogP contribution < -0.4 is 4.31 Å². The Bertz CT molecular complexity index is 665. The molecule has 7 heteroatoms. The van der Waals surface area contributed by atoms with Crippen molar-refractivity contribution >= 4 is 42.2 Å². The molecule has 0 saturated carbocycles. The number of benzene rings is 1. The number of aryl methyl sites for hydroxylation is 1. The average molecular weight is 398 g/mol. The first-order valence-corrected chi connectivity index (χ1v) is 10.4. The molecule has 0 bridgehead atoms. The predicted octanol–water partition coefficient (Wildman–Crippen LogP) is 4.63. The van der Waals surface area contributed by atoms with Gasteiger partial charge in [-0.25, -0.2) is 0 Å². The Labute approximate surface area is 164 Å². The molecule has 2 atom stereocenters. The van der Waals surface area contributed by atoms with E-state index in [9.17, 15) is 14.7 Å². The van der Waals surface area contributed by atoms with E-state index in [0.717, 1.165) is 49.1 Å². The van der Waals surface area contributed by atoms with Crippen molar-refractivity contribution in [2.24, 2.45) is 5.92 Å². The lowest BCUT2D eigenvalue weighted by atomic mass is 9.95. The molecule has 2 rings (SSSR count). The summed E-state index contributed by atoms with van der Waals surface area (Å²) < 4.78 is 1.70. The molecule has 1 unspecified atom stereocenters. The van der Waals surface area contributed by atoms with Gasteiger partial charge in [-0.15, -0.1) is 0 Å². The second-order valence-electron chi connectivity index (χ2n) is 6.65. The van der Waals surface area contributed by atoms with Crippen LogP contribution in [0.1, 0.15) is 57.1 Å². The zero-order chi connectivity index (χ0) is 19.3. The maximum Gasteiger partial charge on any atom is 0.310 e. The van der Waals surface area contributed by atoms with Gasteiger partial charge in [0.05, 0.1) is 18.0 Å². The molecule has 0 saturated heterocycles. The number of thioether (sulfide) groups is 1. The van der Waals surface area contributed by atoms with Gasteiger partial charge in [-0.1, -0.05) is 57.3 Å². The second kappa shape index (κ2) is 9.55. The molecule has 26 heavy (non-hydrogen) atoms. The first-order valence-electron chi connectivity index (χ1n) is 9.14. The van der Waals surface area contributed by atoms with Gasteiger partial charge >= 0.3 is 11.9 Å². The molecule has 1 aliphatic heterocycles. The molecule has 2 N–H and O–H groups in total. The number of carboxylic acids is 2. The SMILES string of the molecule is CCCCc1ccc2c(c1CCCC)N(S)[C@H](C(CC(=O)O)C(=O)O)S2. The molecule has 0 aromatic heterocycles. The molecule has 1 aliphatic rings. The molecular weight excluding hydrogens is 370 g/mol. The van der Waals surface area contributed by atoms with Gasteiger partial charge < -0.3 is 14.5 Å². The molecule has 144 valence electrons. The van der Waals surface area contributed by atoms with Crippen molar-refractivity contribution in [1.82, 2.24) is 0 Å². The minimum absolute atomic E-state index is 0.412. The van der Waals surface area contributed by atoms with Crippen molar-refractivity contribution in [3.8, 4) is 0 Å². The third-order valence-corrected chi connectivity index (χ3v) is 6.67. The van der Waals surface area contributed by atoms with E-state index >= 15 is 0 Å². The van der Waals surface area contributed by atoms with Crippen LogP contribution in [0.15, 0.2) is 17.0 Å². The molecule has 1 heterocycles. The van der Waals surface area contributed by atoms with Gasteiger partial charge in [-0.2, -0.15) is 0 Å². The number of anilines is 1. The molecule has 0 aliphatic carbocycles. The van der Waals surface area contributed by atoms with Gasteiger partial charge in [-0.3, -0.25) is 9.59 Å². The zero-order valence-corrected chi connectivity index (χ0v) is 17.0. The van der Waals surface area contributed by atoms with Gasteiger partial charge in [0.15, 0.2) is 0 Å². The first-order chi connectivity index (χ1) is 12.4. The number of fused-ring (bicyclic) bond motifs is 1. The maximum atomic E-state index is 11.6. The fourth-order valence-electron chi connectivity index (χ4n) is 3.29. The summed E-state index contributed by atoms with van der Waals surface area (Å²) in [5, 5.41) is 18.1. The fraction of sp³-hybridized carbons (Fsp3) is 0.579. The monoisotopic (exact) mass is 397 g/mol. The Morgan fingerprint density at radius 2 is 1.85 bits per heavy atom. The van der Waals surface area contributed by atoms with Gasteiger partial charge in [-0.05, 0) is 42.9 Å². The third kappa shape index (κ3) is 4.68. The van der Waals surface area contributed by atoms with Crippen LogP contribution in [-0.4, -0.2) is 27.5 Å². The van der Waals surface area contributed by atoms with E-state index in [4.69, 9.17) is 5.11 Å². The Morgan fingerprint density at radius 1 is 1.19 bits per heavy atom. The number of rotatable bonds is 10. The standard InChI is InChI=1S/C19H27NO4S2/c1-3-5-7-12-9-10-15-17(13(12)8-6-4-2)20(25)18(26-15)14(19(23)24)11-16(21)22/h9-10,14,18,25H,3-8,11H2,1-2H3,(H,21,22)(H,23,24)/t14?,18-/m0/s1. The summed E-state index contributed by atoms with van der Waals surface area (Å²) in [6.07, 6.45) is 5.88. The van der Waals surface area contributed by atoms with Gasteiger partial charge in [0.2, 0.25) is 0 Å². The van der Waals surface area contributed by atoms with Crippen LogP contribution in [0.2, 0.25) is 0 Å². The van der Waals surface area contributed by atoms with E-state index < -0.39 is 29.7 Å². The summed E-state index contributed by atoms with van der Waals surface area (Å²) in [7, 11) is 0. The van der Waals surface area contributed by atoms with E-state index in [0.29, 0.717) is 0 Å². The number of nitrogens with zero attached hydrogens (tertiary/aromatic N) is 1. The zero-order valence-electron chi connectivity index (χ0n) is 15.3. The quantitative estimate of drug-likeness (QED) is 0.500. The molecule has 0 fully saturated rings. The van der Waals surface area contributed by atoms with Crippen LogP contribution in [0.3, 0.4) is 0 Å². The lowest BCUT2D eigenvalue weighted by molar-refractivity contribution is -0.148. The van der Waals surface area contributed by atoms with Crippen LogP contribution in [0.25, 0.3) is 0 Å². The van der Waals surface area contributed by atoms with Gasteiger partial charge in [0, 0.05) is 4.90 Å². The molecule has 1 aromatic carbocycles. The van der Waals surface area contributed by atoms with Crippen LogP contribution in [0.4, 0.5) is 5.69 Å². The number of carboxylic acid groups (broad SMARTS) is 2. The van der Waals surface area contributed by atoms with Crippen LogP contribution >= 0.6 is 24.6 Å². The summed E-state index contributed by atoms with van der Waals surface area (Å²) >= 11 is 6.02. The van der Waals surface area contributed by atoms with Gasteiger partial charge in [0.1, 0.15) is 5.37 Å². The Hall–Kier alpha value is -1.34. The molecule has 0 spiro atoms. The molecule has 5 nitrogen and oxygen atoms in total. The Balaban J connectivity index is 2.38. The van der Waals surface area contributed by atoms with Crippen molar-refractivity contribution in [1.29, 1.82) is 0 Å². The maximum absolute atomic E-state index is 11.6. The van der Waals surface area contributed by atoms with E-state index in [2.05, 4.69) is 32.7 Å². The van der Waals surface area contributed by atoms with Crippen molar-refractivity contribution in [3.63, 3.8) is 0 Å². The third-order valence-electron chi connectivity index (χ3n) is 4.70. The van der Waals surface area contributed by atoms with Crippen molar-refractivity contribution in [2.75, 3.05) is 4.31 Å². The lowest BCUT2D eigenvalue weighted by Crippen LogP contribution is -2.35. The summed E-state index contributed by atoms with van der Waals surface area (Å²) in [6.45, 7) is 4.32. The molecular formula is C19H27NO4S2. The number of unbranched alkanes of at least 4 members (excludes halogenated alkanes) is 2. The number of hydrogen-bond donors (Lipinski definition) is 3. The molecule has 1 aromatic rings. The average Bonchev–Trinajstić information content (AvgIpc) is 2.92. The largest absolute Gasteiger partial charge is 0.481 e.